The summed E-state index contributed by atoms with van der Waals surface area (Å²) in [6, 6.07) is 7.73. The standard InChI is InChI=1S/C17H18N6O/c24-16(22-17-20-13-3-1-2-4-14(13)21-17)12-5-9-23(10-6-12)15-11-18-7-8-19-15/h1-4,7-8,11-12H,5-6,9-10H2,(H2,20,21,22,24). The number of fused-ring (bicyclic) bond motifs is 1. The van der Waals surface area contributed by atoms with E-state index >= 15 is 0 Å². The van der Waals surface area contributed by atoms with Crippen molar-refractivity contribution < 1.29 is 4.79 Å². The molecular weight excluding hydrogens is 304 g/mol. The zero-order chi connectivity index (χ0) is 16.4. The number of nitrogens with one attached hydrogen (secondary N) is 2. The third-order valence-electron chi connectivity index (χ3n) is 4.37. The Hall–Kier alpha value is -2.96. The molecule has 1 amide bonds. The highest BCUT2D eigenvalue weighted by Crippen LogP contribution is 2.22. The molecule has 2 N–H and O–H groups in total. The molecule has 122 valence electrons. The molecule has 0 atom stereocenters. The summed E-state index contributed by atoms with van der Waals surface area (Å²) in [7, 11) is 0. The number of anilines is 2. The number of benzene rings is 1. The number of aromatic amines is 1. The third-order valence-corrected chi connectivity index (χ3v) is 4.37. The molecule has 0 bridgehead atoms. The van der Waals surface area contributed by atoms with E-state index in [0.717, 1.165) is 42.8 Å². The Morgan fingerprint density at radius 1 is 1.21 bits per heavy atom. The number of imidazole rings is 1. The Balaban J connectivity index is 1.37. The number of hydrogen-bond donors (Lipinski definition) is 2. The molecule has 3 heterocycles. The maximum absolute atomic E-state index is 12.5. The lowest BCUT2D eigenvalue weighted by molar-refractivity contribution is -0.120. The molecule has 0 aliphatic carbocycles. The quantitative estimate of drug-likeness (QED) is 0.772. The Kier molecular flexibility index (Phi) is 3.82. The summed E-state index contributed by atoms with van der Waals surface area (Å²) < 4.78 is 0. The van der Waals surface area contributed by atoms with E-state index in [1.807, 2.05) is 24.3 Å². The second-order valence-corrected chi connectivity index (χ2v) is 5.92. The van der Waals surface area contributed by atoms with Crippen LogP contribution in [0.3, 0.4) is 0 Å². The SMILES string of the molecule is O=C(Nc1nc2ccccc2[nH]1)C1CCN(c2cnccn2)CC1. The van der Waals surface area contributed by atoms with Crippen LogP contribution in [0.4, 0.5) is 11.8 Å². The number of carbonyl (C=O) groups excluding carboxylic acids is 1. The summed E-state index contributed by atoms with van der Waals surface area (Å²) in [5.41, 5.74) is 1.77. The minimum absolute atomic E-state index is 0.00821. The van der Waals surface area contributed by atoms with Crippen LogP contribution in [0.15, 0.2) is 42.9 Å². The summed E-state index contributed by atoms with van der Waals surface area (Å²) in [5.74, 6) is 1.39. The van der Waals surface area contributed by atoms with Crippen LogP contribution in [-0.2, 0) is 4.79 Å². The van der Waals surface area contributed by atoms with E-state index in [1.54, 1.807) is 18.6 Å². The molecule has 24 heavy (non-hydrogen) atoms. The van der Waals surface area contributed by atoms with Crippen LogP contribution in [0, 0.1) is 5.92 Å². The second-order valence-electron chi connectivity index (χ2n) is 5.92. The molecule has 0 unspecified atom stereocenters. The first-order valence-corrected chi connectivity index (χ1v) is 8.06. The Morgan fingerprint density at radius 3 is 2.79 bits per heavy atom. The van der Waals surface area contributed by atoms with Crippen LogP contribution in [-0.4, -0.2) is 38.9 Å². The van der Waals surface area contributed by atoms with Crippen molar-refractivity contribution in [3.05, 3.63) is 42.9 Å². The van der Waals surface area contributed by atoms with Gasteiger partial charge in [-0.25, -0.2) is 9.97 Å². The van der Waals surface area contributed by atoms with Crippen molar-refractivity contribution >= 4 is 28.7 Å². The Bertz CT molecular complexity index is 805. The fourth-order valence-corrected chi connectivity index (χ4v) is 3.06. The van der Waals surface area contributed by atoms with Gasteiger partial charge in [0.25, 0.3) is 0 Å². The van der Waals surface area contributed by atoms with E-state index in [2.05, 4.69) is 30.2 Å². The van der Waals surface area contributed by atoms with Gasteiger partial charge in [-0.3, -0.25) is 15.1 Å². The van der Waals surface area contributed by atoms with Crippen LogP contribution in [0.25, 0.3) is 11.0 Å². The van der Waals surface area contributed by atoms with E-state index in [0.29, 0.717) is 5.95 Å². The van der Waals surface area contributed by atoms with Gasteiger partial charge in [0.1, 0.15) is 5.82 Å². The van der Waals surface area contributed by atoms with E-state index in [4.69, 9.17) is 0 Å². The van der Waals surface area contributed by atoms with Gasteiger partial charge in [0.2, 0.25) is 11.9 Å². The van der Waals surface area contributed by atoms with Crippen molar-refractivity contribution in [2.45, 2.75) is 12.8 Å². The molecule has 0 spiro atoms. The zero-order valence-electron chi connectivity index (χ0n) is 13.1. The fraction of sp³-hybridized carbons (Fsp3) is 0.294. The number of H-pyrrole nitrogens is 1. The maximum Gasteiger partial charge on any atom is 0.229 e. The van der Waals surface area contributed by atoms with Crippen molar-refractivity contribution in [2.75, 3.05) is 23.3 Å². The maximum atomic E-state index is 12.5. The van der Waals surface area contributed by atoms with Crippen LogP contribution in [0.2, 0.25) is 0 Å². The summed E-state index contributed by atoms with van der Waals surface area (Å²) in [6.07, 6.45) is 6.70. The number of hydrogen-bond acceptors (Lipinski definition) is 5. The number of aromatic nitrogens is 4. The minimum atomic E-state index is -0.00821. The lowest BCUT2D eigenvalue weighted by Gasteiger charge is -2.31. The van der Waals surface area contributed by atoms with E-state index in [-0.39, 0.29) is 11.8 Å². The van der Waals surface area contributed by atoms with Crippen molar-refractivity contribution in [3.63, 3.8) is 0 Å². The molecule has 7 heteroatoms. The van der Waals surface area contributed by atoms with E-state index < -0.39 is 0 Å². The molecule has 7 nitrogen and oxygen atoms in total. The van der Waals surface area contributed by atoms with E-state index in [9.17, 15) is 4.79 Å². The predicted molar refractivity (Wildman–Crippen MR) is 91.7 cm³/mol. The number of carbonyl (C=O) groups is 1. The fourth-order valence-electron chi connectivity index (χ4n) is 3.06. The zero-order valence-corrected chi connectivity index (χ0v) is 13.1. The molecule has 1 aliphatic heterocycles. The molecule has 1 saturated heterocycles. The highest BCUT2D eigenvalue weighted by molar-refractivity contribution is 5.92. The summed E-state index contributed by atoms with van der Waals surface area (Å²) >= 11 is 0. The van der Waals surface area contributed by atoms with Gasteiger partial charge >= 0.3 is 0 Å². The summed E-state index contributed by atoms with van der Waals surface area (Å²) in [5, 5.41) is 2.90. The molecule has 0 radical (unpaired) electrons. The Labute approximate surface area is 139 Å². The average molecular weight is 322 g/mol. The monoisotopic (exact) mass is 322 g/mol. The lowest BCUT2D eigenvalue weighted by Crippen LogP contribution is -2.38. The van der Waals surface area contributed by atoms with Gasteiger partial charge in [-0.15, -0.1) is 0 Å². The van der Waals surface area contributed by atoms with Crippen LogP contribution < -0.4 is 10.2 Å². The van der Waals surface area contributed by atoms with E-state index in [1.165, 1.54) is 0 Å². The lowest BCUT2D eigenvalue weighted by atomic mass is 9.96. The van der Waals surface area contributed by atoms with Crippen molar-refractivity contribution in [2.24, 2.45) is 5.92 Å². The summed E-state index contributed by atoms with van der Waals surface area (Å²) in [4.78, 5) is 30.6. The van der Waals surface area contributed by atoms with Crippen molar-refractivity contribution in [1.29, 1.82) is 0 Å². The van der Waals surface area contributed by atoms with Crippen molar-refractivity contribution in [1.82, 2.24) is 19.9 Å². The summed E-state index contributed by atoms with van der Waals surface area (Å²) in [6.45, 7) is 1.60. The molecule has 1 aromatic carbocycles. The van der Waals surface area contributed by atoms with Crippen LogP contribution in [0.1, 0.15) is 12.8 Å². The van der Waals surface area contributed by atoms with Crippen LogP contribution in [0.5, 0.6) is 0 Å². The third kappa shape index (κ3) is 2.92. The normalized spacial score (nSPS) is 15.6. The van der Waals surface area contributed by atoms with Gasteiger partial charge in [-0.1, -0.05) is 12.1 Å². The van der Waals surface area contributed by atoms with Gasteiger partial charge in [-0.05, 0) is 25.0 Å². The number of amides is 1. The number of piperidine rings is 1. The van der Waals surface area contributed by atoms with Gasteiger partial charge < -0.3 is 9.88 Å². The molecule has 0 saturated carbocycles. The molecule has 2 aromatic heterocycles. The Morgan fingerprint density at radius 2 is 2.04 bits per heavy atom. The number of nitrogens with zero attached hydrogens (tertiary/aromatic N) is 4. The van der Waals surface area contributed by atoms with Crippen LogP contribution >= 0.6 is 0 Å². The molecule has 1 fully saturated rings. The molecular formula is C17H18N6O. The predicted octanol–water partition coefficient (Wildman–Crippen LogP) is 2.21. The molecule has 4 rings (SSSR count). The van der Waals surface area contributed by atoms with Gasteiger partial charge in [0, 0.05) is 31.4 Å². The highest BCUT2D eigenvalue weighted by atomic mass is 16.2. The highest BCUT2D eigenvalue weighted by Gasteiger charge is 2.26. The number of rotatable bonds is 3. The first kappa shape index (κ1) is 14.6. The van der Waals surface area contributed by atoms with Crippen molar-refractivity contribution in [3.8, 4) is 0 Å². The minimum Gasteiger partial charge on any atom is -0.355 e. The van der Waals surface area contributed by atoms with Gasteiger partial charge in [0.05, 0.1) is 17.2 Å². The number of para-hydroxylation sites is 2. The topological polar surface area (TPSA) is 86.8 Å². The van der Waals surface area contributed by atoms with Gasteiger partial charge in [0.15, 0.2) is 0 Å². The smallest absolute Gasteiger partial charge is 0.229 e. The second kappa shape index (κ2) is 6.27. The first-order chi connectivity index (χ1) is 11.8. The molecule has 3 aromatic rings. The molecule has 1 aliphatic rings. The average Bonchev–Trinajstić information content (AvgIpc) is 3.05. The van der Waals surface area contributed by atoms with Gasteiger partial charge in [-0.2, -0.15) is 0 Å². The largest absolute Gasteiger partial charge is 0.355 e. The first-order valence-electron chi connectivity index (χ1n) is 8.06.